The predicted octanol–water partition coefficient (Wildman–Crippen LogP) is 2.16. The van der Waals surface area contributed by atoms with Crippen LogP contribution in [0, 0.1) is 16.0 Å². The third-order valence-corrected chi connectivity index (χ3v) is 3.22. The third-order valence-electron chi connectivity index (χ3n) is 3.22. The molecule has 1 unspecified atom stereocenters. The van der Waals surface area contributed by atoms with Crippen molar-refractivity contribution in [2.24, 2.45) is 5.92 Å². The molecule has 0 radical (unpaired) electrons. The van der Waals surface area contributed by atoms with E-state index in [1.807, 2.05) is 0 Å². The van der Waals surface area contributed by atoms with Crippen molar-refractivity contribution in [3.8, 4) is 0 Å². The zero-order valence-electron chi connectivity index (χ0n) is 12.3. The number of hydrogen-bond acceptors (Lipinski definition) is 5. The monoisotopic (exact) mass is 319 g/mol. The largest absolute Gasteiger partial charge is 0.469 e. The number of amides is 2. The summed E-state index contributed by atoms with van der Waals surface area (Å²) in [6, 6.07) is 8.63. The first-order valence-electron chi connectivity index (χ1n) is 7.01. The summed E-state index contributed by atoms with van der Waals surface area (Å²) in [4.78, 5) is 21.8. The number of urea groups is 1. The number of carbonyl (C=O) groups is 1. The van der Waals surface area contributed by atoms with Crippen molar-refractivity contribution in [3.63, 3.8) is 0 Å². The molecule has 122 valence electrons. The van der Waals surface area contributed by atoms with E-state index in [-0.39, 0.29) is 24.8 Å². The molecule has 2 amide bonds. The second kappa shape index (κ2) is 7.95. The standard InChI is InChI=1S/C15H17N3O5/c19-10-11(8-14-2-1-7-23-14)9-16-15(20)17-12-3-5-13(6-4-12)18(21)22/h1-7,11,19H,8-10H2,(H2,16,17,20). The fourth-order valence-electron chi connectivity index (χ4n) is 1.99. The third kappa shape index (κ3) is 5.11. The molecule has 0 aliphatic heterocycles. The van der Waals surface area contributed by atoms with Gasteiger partial charge in [0.15, 0.2) is 0 Å². The van der Waals surface area contributed by atoms with Crippen molar-refractivity contribution in [1.82, 2.24) is 5.32 Å². The highest BCUT2D eigenvalue weighted by molar-refractivity contribution is 5.89. The van der Waals surface area contributed by atoms with Crippen LogP contribution in [0.4, 0.5) is 16.2 Å². The molecule has 0 aliphatic carbocycles. The average Bonchev–Trinajstić information content (AvgIpc) is 3.05. The lowest BCUT2D eigenvalue weighted by Crippen LogP contribution is -2.34. The molecule has 0 spiro atoms. The molecule has 0 bridgehead atoms. The second-order valence-electron chi connectivity index (χ2n) is 4.97. The molecule has 1 atom stereocenters. The smallest absolute Gasteiger partial charge is 0.319 e. The van der Waals surface area contributed by atoms with Crippen molar-refractivity contribution in [3.05, 3.63) is 58.5 Å². The first-order valence-corrected chi connectivity index (χ1v) is 7.01. The lowest BCUT2D eigenvalue weighted by Gasteiger charge is -2.14. The Morgan fingerprint density at radius 1 is 1.30 bits per heavy atom. The number of furan rings is 1. The topological polar surface area (TPSA) is 118 Å². The minimum atomic E-state index is -0.510. The Kier molecular flexibility index (Phi) is 5.70. The van der Waals surface area contributed by atoms with E-state index >= 15 is 0 Å². The molecule has 1 aromatic carbocycles. The Morgan fingerprint density at radius 2 is 2.04 bits per heavy atom. The van der Waals surface area contributed by atoms with Crippen LogP contribution >= 0.6 is 0 Å². The zero-order chi connectivity index (χ0) is 16.7. The van der Waals surface area contributed by atoms with Gasteiger partial charge >= 0.3 is 6.03 Å². The molecular formula is C15H17N3O5. The fraction of sp³-hybridized carbons (Fsp3) is 0.267. The molecule has 0 fully saturated rings. The van der Waals surface area contributed by atoms with Gasteiger partial charge < -0.3 is 20.2 Å². The number of nitrogens with one attached hydrogen (secondary N) is 2. The Morgan fingerprint density at radius 3 is 2.61 bits per heavy atom. The highest BCUT2D eigenvalue weighted by Crippen LogP contribution is 2.15. The van der Waals surface area contributed by atoms with Crippen molar-refractivity contribution >= 4 is 17.4 Å². The number of nitro benzene ring substituents is 1. The van der Waals surface area contributed by atoms with Gasteiger partial charge in [0, 0.05) is 43.3 Å². The highest BCUT2D eigenvalue weighted by Gasteiger charge is 2.12. The molecule has 0 saturated heterocycles. The molecule has 1 aromatic heterocycles. The van der Waals surface area contributed by atoms with Gasteiger partial charge in [-0.15, -0.1) is 0 Å². The van der Waals surface area contributed by atoms with Crippen LogP contribution in [0.1, 0.15) is 5.76 Å². The molecule has 8 heteroatoms. The Bertz CT molecular complexity index is 640. The summed E-state index contributed by atoms with van der Waals surface area (Å²) in [7, 11) is 0. The maximum atomic E-state index is 11.8. The summed E-state index contributed by atoms with van der Waals surface area (Å²) in [6.45, 7) is 0.189. The summed E-state index contributed by atoms with van der Waals surface area (Å²) < 4.78 is 5.20. The fourth-order valence-corrected chi connectivity index (χ4v) is 1.99. The molecule has 0 saturated carbocycles. The van der Waals surface area contributed by atoms with Gasteiger partial charge in [0.25, 0.3) is 5.69 Å². The maximum absolute atomic E-state index is 11.8. The van der Waals surface area contributed by atoms with Crippen molar-refractivity contribution in [2.45, 2.75) is 6.42 Å². The number of benzene rings is 1. The lowest BCUT2D eigenvalue weighted by molar-refractivity contribution is -0.384. The number of aliphatic hydroxyl groups excluding tert-OH is 1. The van der Waals surface area contributed by atoms with E-state index in [2.05, 4.69) is 10.6 Å². The van der Waals surface area contributed by atoms with E-state index in [1.54, 1.807) is 18.4 Å². The summed E-state index contributed by atoms with van der Waals surface area (Å²) in [5.74, 6) is 0.574. The molecule has 23 heavy (non-hydrogen) atoms. The van der Waals surface area contributed by atoms with Crippen molar-refractivity contribution in [2.75, 3.05) is 18.5 Å². The highest BCUT2D eigenvalue weighted by atomic mass is 16.6. The van der Waals surface area contributed by atoms with E-state index < -0.39 is 11.0 Å². The van der Waals surface area contributed by atoms with Crippen molar-refractivity contribution < 1.29 is 19.2 Å². The number of aliphatic hydroxyl groups is 1. The molecule has 2 aromatic rings. The van der Waals surface area contributed by atoms with Crippen LogP contribution in [-0.2, 0) is 6.42 Å². The number of nitro groups is 1. The normalized spacial score (nSPS) is 11.7. The van der Waals surface area contributed by atoms with E-state index in [0.717, 1.165) is 5.76 Å². The molecule has 1 heterocycles. The van der Waals surface area contributed by atoms with E-state index in [1.165, 1.54) is 24.3 Å². The average molecular weight is 319 g/mol. The van der Waals surface area contributed by atoms with Gasteiger partial charge in [-0.25, -0.2) is 4.79 Å². The maximum Gasteiger partial charge on any atom is 0.319 e. The van der Waals surface area contributed by atoms with E-state index in [0.29, 0.717) is 12.1 Å². The van der Waals surface area contributed by atoms with Gasteiger partial charge in [-0.1, -0.05) is 0 Å². The summed E-state index contributed by atoms with van der Waals surface area (Å²) in [5, 5.41) is 25.1. The molecule has 8 nitrogen and oxygen atoms in total. The number of hydrogen-bond donors (Lipinski definition) is 3. The van der Waals surface area contributed by atoms with Crippen molar-refractivity contribution in [1.29, 1.82) is 0 Å². The minimum Gasteiger partial charge on any atom is -0.469 e. The van der Waals surface area contributed by atoms with Gasteiger partial charge in [0.05, 0.1) is 11.2 Å². The van der Waals surface area contributed by atoms with Crippen LogP contribution in [0.3, 0.4) is 0 Å². The minimum absolute atomic E-state index is 0.0465. The summed E-state index contributed by atoms with van der Waals surface area (Å²) in [6.07, 6.45) is 2.07. The molecule has 0 aliphatic rings. The van der Waals surface area contributed by atoms with Gasteiger partial charge in [0.2, 0.25) is 0 Å². The molecule has 2 rings (SSSR count). The SMILES string of the molecule is O=C(NCC(CO)Cc1ccco1)Nc1ccc([N+](=O)[O-])cc1. The predicted molar refractivity (Wildman–Crippen MR) is 83.1 cm³/mol. The lowest BCUT2D eigenvalue weighted by atomic mass is 10.1. The molecule has 3 N–H and O–H groups in total. The Hall–Kier alpha value is -2.87. The van der Waals surface area contributed by atoms with Crippen LogP contribution in [-0.4, -0.2) is 29.2 Å². The van der Waals surface area contributed by atoms with Gasteiger partial charge in [-0.05, 0) is 24.3 Å². The number of non-ortho nitro benzene ring substituents is 1. The van der Waals surface area contributed by atoms with Gasteiger partial charge in [0.1, 0.15) is 5.76 Å². The number of carbonyl (C=O) groups excluding carboxylic acids is 1. The second-order valence-corrected chi connectivity index (χ2v) is 4.97. The Balaban J connectivity index is 1.80. The summed E-state index contributed by atoms with van der Waals surface area (Å²) >= 11 is 0. The first-order chi connectivity index (χ1) is 11.1. The van der Waals surface area contributed by atoms with E-state index in [9.17, 15) is 20.0 Å². The number of rotatable bonds is 7. The number of nitrogens with zero attached hydrogens (tertiary/aromatic N) is 1. The van der Waals surface area contributed by atoms with Gasteiger partial charge in [-0.2, -0.15) is 0 Å². The quantitative estimate of drug-likeness (QED) is 0.534. The zero-order valence-corrected chi connectivity index (χ0v) is 12.3. The van der Waals surface area contributed by atoms with Gasteiger partial charge in [-0.3, -0.25) is 10.1 Å². The van der Waals surface area contributed by atoms with Crippen LogP contribution in [0.25, 0.3) is 0 Å². The van der Waals surface area contributed by atoms with E-state index in [4.69, 9.17) is 4.42 Å². The first kappa shape index (κ1) is 16.5. The van der Waals surface area contributed by atoms with Crippen LogP contribution in [0.15, 0.2) is 47.1 Å². The van der Waals surface area contributed by atoms with Crippen LogP contribution in [0.5, 0.6) is 0 Å². The van der Waals surface area contributed by atoms with Crippen LogP contribution in [0.2, 0.25) is 0 Å². The summed E-state index contributed by atoms with van der Waals surface area (Å²) in [5.41, 5.74) is 0.398. The Labute approximate surface area is 132 Å². The van der Waals surface area contributed by atoms with Crippen LogP contribution < -0.4 is 10.6 Å². The molecular weight excluding hydrogens is 302 g/mol. The number of anilines is 1.